The van der Waals surface area contributed by atoms with Gasteiger partial charge in [-0.1, -0.05) is 11.6 Å². The summed E-state index contributed by atoms with van der Waals surface area (Å²) >= 11 is 6.28. The smallest absolute Gasteiger partial charge is 0.292 e. The molecule has 0 spiro atoms. The number of aliphatic hydroxyl groups excluding tert-OH is 1. The average Bonchev–Trinajstić information content (AvgIpc) is 3.49. The molecule has 9 nitrogen and oxygen atoms in total. The van der Waals surface area contributed by atoms with Gasteiger partial charge in [0.2, 0.25) is 11.7 Å². The summed E-state index contributed by atoms with van der Waals surface area (Å²) < 4.78 is 34.1. The molecule has 1 aliphatic rings. The van der Waals surface area contributed by atoms with Gasteiger partial charge in [0.05, 0.1) is 28.3 Å². The maximum absolute atomic E-state index is 13.6. The van der Waals surface area contributed by atoms with Crippen molar-refractivity contribution < 1.29 is 23.1 Å². The van der Waals surface area contributed by atoms with Crippen molar-refractivity contribution in [1.29, 1.82) is 0 Å². The van der Waals surface area contributed by atoms with Gasteiger partial charge >= 0.3 is 0 Å². The summed E-state index contributed by atoms with van der Waals surface area (Å²) in [5.74, 6) is -1.75. The van der Waals surface area contributed by atoms with E-state index in [1.165, 1.54) is 18.2 Å². The predicted octanol–water partition coefficient (Wildman–Crippen LogP) is 3.48. The number of hydrogen-bond donors (Lipinski definition) is 2. The van der Waals surface area contributed by atoms with Crippen LogP contribution in [0.2, 0.25) is 5.02 Å². The average molecular weight is 463 g/mol. The van der Waals surface area contributed by atoms with E-state index in [4.69, 9.17) is 16.0 Å². The zero-order chi connectivity index (χ0) is 22.6. The minimum absolute atomic E-state index is 0.202. The molecule has 0 saturated heterocycles. The third-order valence-corrected chi connectivity index (χ3v) is 5.68. The highest BCUT2D eigenvalue weighted by atomic mass is 35.5. The number of aromatic amines is 1. The fourth-order valence-electron chi connectivity index (χ4n) is 3.89. The van der Waals surface area contributed by atoms with Crippen LogP contribution >= 0.6 is 11.6 Å². The van der Waals surface area contributed by atoms with E-state index in [0.29, 0.717) is 28.3 Å². The fourth-order valence-corrected chi connectivity index (χ4v) is 4.10. The largest absolute Gasteiger partial charge is 0.432 e. The molecule has 5 heterocycles. The van der Waals surface area contributed by atoms with Gasteiger partial charge in [0.1, 0.15) is 12.1 Å². The van der Waals surface area contributed by atoms with Gasteiger partial charge in [0.25, 0.3) is 12.3 Å². The number of aromatic nitrogens is 5. The van der Waals surface area contributed by atoms with E-state index < -0.39 is 35.9 Å². The molecule has 0 aromatic carbocycles. The number of amides is 1. The molecule has 1 amide bonds. The molecule has 32 heavy (non-hydrogen) atoms. The second kappa shape index (κ2) is 7.68. The lowest BCUT2D eigenvalue weighted by atomic mass is 9.99. The van der Waals surface area contributed by atoms with E-state index in [2.05, 4.69) is 20.1 Å². The Kier molecular flexibility index (Phi) is 4.94. The number of carbonyl (C=O) groups excluding carboxylic acids is 1. The molecule has 2 N–H and O–H groups in total. The fraction of sp³-hybridized carbons (Fsp3) is 0.300. The number of halogens is 3. The number of imidazole rings is 1. The SMILES string of the molecule is C[C@@H](O)c1nc(C(F)F)c(C(=O)N2CCc3[nH]cnc3[C@@H]2c2cc3c(Cl)cccn3n2)o1. The van der Waals surface area contributed by atoms with Gasteiger partial charge < -0.3 is 19.4 Å². The van der Waals surface area contributed by atoms with Gasteiger partial charge in [-0.05, 0) is 25.1 Å². The van der Waals surface area contributed by atoms with Crippen LogP contribution in [0.1, 0.15) is 64.7 Å². The van der Waals surface area contributed by atoms with Crippen LogP contribution in [0, 0.1) is 0 Å². The van der Waals surface area contributed by atoms with E-state index in [1.807, 2.05) is 0 Å². The summed E-state index contributed by atoms with van der Waals surface area (Å²) in [5, 5.41) is 14.7. The van der Waals surface area contributed by atoms with E-state index >= 15 is 0 Å². The van der Waals surface area contributed by atoms with Crippen LogP contribution in [-0.2, 0) is 6.42 Å². The molecule has 5 rings (SSSR count). The van der Waals surface area contributed by atoms with Crippen molar-refractivity contribution in [3.63, 3.8) is 0 Å². The summed E-state index contributed by atoms with van der Waals surface area (Å²) in [7, 11) is 0. The minimum Gasteiger partial charge on any atom is -0.432 e. The number of aliphatic hydroxyl groups is 1. The molecule has 1 aliphatic heterocycles. The Bertz CT molecular complexity index is 1310. The number of pyridine rings is 1. The second-order valence-electron chi connectivity index (χ2n) is 7.42. The third kappa shape index (κ3) is 3.24. The maximum atomic E-state index is 13.6. The molecule has 0 fully saturated rings. The number of nitrogens with one attached hydrogen (secondary N) is 1. The van der Waals surface area contributed by atoms with E-state index in [9.17, 15) is 18.7 Å². The Hall–Kier alpha value is -3.31. The lowest BCUT2D eigenvalue weighted by Crippen LogP contribution is -2.41. The van der Waals surface area contributed by atoms with E-state index in [1.54, 1.807) is 28.9 Å². The number of fused-ring (bicyclic) bond motifs is 2. The molecule has 0 unspecified atom stereocenters. The van der Waals surface area contributed by atoms with Crippen LogP contribution in [0.5, 0.6) is 0 Å². The van der Waals surface area contributed by atoms with Crippen molar-refractivity contribution in [2.45, 2.75) is 31.9 Å². The molecular formula is C20H17ClF2N6O3. The van der Waals surface area contributed by atoms with Crippen LogP contribution in [0.25, 0.3) is 5.52 Å². The number of carbonyl (C=O) groups is 1. The zero-order valence-electron chi connectivity index (χ0n) is 16.7. The van der Waals surface area contributed by atoms with Crippen molar-refractivity contribution in [1.82, 2.24) is 29.5 Å². The van der Waals surface area contributed by atoms with Gasteiger partial charge in [-0.25, -0.2) is 23.3 Å². The Balaban J connectivity index is 1.63. The molecule has 12 heteroatoms. The number of rotatable bonds is 4. The van der Waals surface area contributed by atoms with Gasteiger partial charge in [-0.2, -0.15) is 5.10 Å². The monoisotopic (exact) mass is 462 g/mol. The van der Waals surface area contributed by atoms with Crippen molar-refractivity contribution in [3.8, 4) is 0 Å². The highest BCUT2D eigenvalue weighted by molar-refractivity contribution is 6.33. The van der Waals surface area contributed by atoms with Gasteiger partial charge in [0, 0.05) is 24.9 Å². The molecule has 0 saturated carbocycles. The Morgan fingerprint density at radius 3 is 2.97 bits per heavy atom. The van der Waals surface area contributed by atoms with Crippen LogP contribution in [0.15, 0.2) is 35.1 Å². The molecular weight excluding hydrogens is 446 g/mol. The first-order valence-electron chi connectivity index (χ1n) is 9.79. The van der Waals surface area contributed by atoms with Crippen LogP contribution in [-0.4, -0.2) is 47.0 Å². The molecule has 166 valence electrons. The number of H-pyrrole nitrogens is 1. The number of oxazole rings is 1. The molecule has 0 aliphatic carbocycles. The first-order chi connectivity index (χ1) is 15.3. The van der Waals surface area contributed by atoms with Crippen molar-refractivity contribution in [3.05, 3.63) is 70.2 Å². The second-order valence-corrected chi connectivity index (χ2v) is 7.82. The van der Waals surface area contributed by atoms with Crippen molar-refractivity contribution >= 4 is 23.0 Å². The lowest BCUT2D eigenvalue weighted by molar-refractivity contribution is 0.0631. The maximum Gasteiger partial charge on any atom is 0.292 e. The Morgan fingerprint density at radius 2 is 2.25 bits per heavy atom. The Labute approximate surface area is 184 Å². The summed E-state index contributed by atoms with van der Waals surface area (Å²) in [5.41, 5.74) is 1.66. The van der Waals surface area contributed by atoms with Crippen LogP contribution in [0.4, 0.5) is 8.78 Å². The quantitative estimate of drug-likeness (QED) is 0.480. The van der Waals surface area contributed by atoms with Gasteiger partial charge in [-0.15, -0.1) is 0 Å². The molecule has 0 radical (unpaired) electrons. The van der Waals surface area contributed by atoms with E-state index in [0.717, 1.165) is 5.69 Å². The minimum atomic E-state index is -3.05. The number of alkyl halides is 2. The Morgan fingerprint density at radius 1 is 1.44 bits per heavy atom. The third-order valence-electron chi connectivity index (χ3n) is 5.36. The molecule has 2 atom stereocenters. The zero-order valence-corrected chi connectivity index (χ0v) is 17.4. The standard InChI is InChI=1S/C20H17ClF2N6O3/c1-9(30)19-26-15(18(22)23)17(32-19)20(31)28-6-4-11-14(25-8-24-11)16(28)12-7-13-10(21)3-2-5-29(13)27-12/h2-3,5,7-9,16,18,30H,4,6H2,1H3,(H,24,25)/t9-,16+/m1/s1. The summed E-state index contributed by atoms with van der Waals surface area (Å²) in [6.07, 6.45) is -0.634. The first-order valence-corrected chi connectivity index (χ1v) is 10.2. The molecule has 4 aromatic rings. The van der Waals surface area contributed by atoms with Gasteiger partial charge in [0.15, 0.2) is 5.69 Å². The van der Waals surface area contributed by atoms with Gasteiger partial charge in [-0.3, -0.25) is 4.79 Å². The first kappa shape index (κ1) is 20.6. The summed E-state index contributed by atoms with van der Waals surface area (Å²) in [4.78, 5) is 25.8. The number of hydrogen-bond acceptors (Lipinski definition) is 6. The van der Waals surface area contributed by atoms with Crippen LogP contribution in [0.3, 0.4) is 0 Å². The normalized spacial score (nSPS) is 17.2. The molecule has 4 aromatic heterocycles. The number of nitrogens with zero attached hydrogens (tertiary/aromatic N) is 5. The molecule has 0 bridgehead atoms. The topological polar surface area (TPSA) is 113 Å². The van der Waals surface area contributed by atoms with Crippen molar-refractivity contribution in [2.75, 3.05) is 6.54 Å². The lowest BCUT2D eigenvalue weighted by Gasteiger charge is -2.33. The summed E-state index contributed by atoms with van der Waals surface area (Å²) in [6.45, 7) is 1.52. The highest BCUT2D eigenvalue weighted by Crippen LogP contribution is 2.36. The summed E-state index contributed by atoms with van der Waals surface area (Å²) in [6, 6.07) is 4.41. The van der Waals surface area contributed by atoms with Crippen molar-refractivity contribution in [2.24, 2.45) is 0 Å². The van der Waals surface area contributed by atoms with Crippen LogP contribution < -0.4 is 0 Å². The highest BCUT2D eigenvalue weighted by Gasteiger charge is 2.40. The van der Waals surface area contributed by atoms with E-state index in [-0.39, 0.29) is 12.4 Å². The predicted molar refractivity (Wildman–Crippen MR) is 107 cm³/mol.